The van der Waals surface area contributed by atoms with Crippen molar-refractivity contribution in [1.82, 2.24) is 9.80 Å². The minimum absolute atomic E-state index is 0.153. The Morgan fingerprint density at radius 2 is 1.88 bits per heavy atom. The van der Waals surface area contributed by atoms with Crippen LogP contribution in [0.15, 0.2) is 41.1 Å². The van der Waals surface area contributed by atoms with Gasteiger partial charge in [0.25, 0.3) is 0 Å². The summed E-state index contributed by atoms with van der Waals surface area (Å²) in [7, 11) is 0. The third-order valence-corrected chi connectivity index (χ3v) is 3.30. The van der Waals surface area contributed by atoms with E-state index in [1.807, 2.05) is 41.6 Å². The summed E-state index contributed by atoms with van der Waals surface area (Å²) in [5, 5.41) is 0. The number of carbonyl (C=O) groups is 1. The van der Waals surface area contributed by atoms with Crippen molar-refractivity contribution in [3.63, 3.8) is 0 Å². The van der Waals surface area contributed by atoms with Gasteiger partial charge in [0.1, 0.15) is 0 Å². The minimum Gasteiger partial charge on any atom is -0.359 e. The molecule has 1 aliphatic heterocycles. The zero-order valence-corrected chi connectivity index (χ0v) is 11.4. The van der Waals surface area contributed by atoms with Gasteiger partial charge in [-0.2, -0.15) is 0 Å². The van der Waals surface area contributed by atoms with Crippen molar-refractivity contribution in [2.75, 3.05) is 19.8 Å². The lowest BCUT2D eigenvalue weighted by Crippen LogP contribution is -2.29. The lowest BCUT2D eigenvalue weighted by atomic mass is 10.1. The summed E-state index contributed by atoms with van der Waals surface area (Å²) < 4.78 is 0.993. The van der Waals surface area contributed by atoms with Gasteiger partial charge in [0.2, 0.25) is 0 Å². The van der Waals surface area contributed by atoms with Gasteiger partial charge in [-0.05, 0) is 19.1 Å². The van der Waals surface area contributed by atoms with Crippen LogP contribution in [0.5, 0.6) is 0 Å². The number of hydrogen-bond acceptors (Lipinski definition) is 3. The molecule has 1 aromatic rings. The van der Waals surface area contributed by atoms with E-state index in [4.69, 9.17) is 0 Å². The Kier molecular flexibility index (Phi) is 3.84. The highest BCUT2D eigenvalue weighted by atomic mass is 79.9. The molecule has 3 nitrogen and oxygen atoms in total. The van der Waals surface area contributed by atoms with Gasteiger partial charge in [0.05, 0.1) is 13.2 Å². The minimum atomic E-state index is 0.153. The van der Waals surface area contributed by atoms with Crippen molar-refractivity contribution < 1.29 is 4.79 Å². The average molecular weight is 295 g/mol. The maximum absolute atomic E-state index is 12.0. The summed E-state index contributed by atoms with van der Waals surface area (Å²) in [5.41, 5.74) is 0.761. The van der Waals surface area contributed by atoms with E-state index in [0.717, 1.165) is 23.2 Å². The van der Waals surface area contributed by atoms with Gasteiger partial charge in [0.15, 0.2) is 5.78 Å². The molecule has 0 aromatic heterocycles. The Bertz CT molecular complexity index is 428. The second-order valence-electron chi connectivity index (χ2n) is 4.02. The highest BCUT2D eigenvalue weighted by Crippen LogP contribution is 2.12. The third kappa shape index (κ3) is 3.09. The zero-order valence-electron chi connectivity index (χ0n) is 9.77. The first-order valence-electron chi connectivity index (χ1n) is 5.64. The van der Waals surface area contributed by atoms with Crippen LogP contribution < -0.4 is 0 Å². The van der Waals surface area contributed by atoms with E-state index >= 15 is 0 Å². The maximum Gasteiger partial charge on any atom is 0.182 e. The molecule has 0 spiro atoms. The molecule has 17 heavy (non-hydrogen) atoms. The molecule has 0 aliphatic carbocycles. The number of hydrogen-bond donors (Lipinski definition) is 0. The van der Waals surface area contributed by atoms with Gasteiger partial charge >= 0.3 is 0 Å². The lowest BCUT2D eigenvalue weighted by molar-refractivity contribution is 0.0946. The molecule has 0 N–H and O–H groups in total. The topological polar surface area (TPSA) is 23.6 Å². The van der Waals surface area contributed by atoms with Crippen LogP contribution in [0.25, 0.3) is 0 Å². The smallest absolute Gasteiger partial charge is 0.182 e. The van der Waals surface area contributed by atoms with Crippen LogP contribution in [-0.2, 0) is 0 Å². The molecule has 0 atom stereocenters. The molecule has 0 saturated carbocycles. The van der Waals surface area contributed by atoms with Gasteiger partial charge < -0.3 is 9.80 Å². The van der Waals surface area contributed by atoms with E-state index in [-0.39, 0.29) is 5.78 Å². The number of Topliss-reactive ketones (excluding diaryl/α,β-unsaturated/α-hetero) is 1. The summed E-state index contributed by atoms with van der Waals surface area (Å²) in [6, 6.07) is 7.49. The van der Waals surface area contributed by atoms with E-state index in [2.05, 4.69) is 27.8 Å². The number of rotatable bonds is 4. The number of halogens is 1. The number of ketones is 1. The molecule has 4 heteroatoms. The molecule has 0 fully saturated rings. The van der Waals surface area contributed by atoms with Crippen LogP contribution in [0.1, 0.15) is 17.3 Å². The average Bonchev–Trinajstić information content (AvgIpc) is 2.77. The molecule has 1 aliphatic rings. The fraction of sp³-hybridized carbons (Fsp3) is 0.308. The van der Waals surface area contributed by atoms with Crippen molar-refractivity contribution in [3.8, 4) is 0 Å². The first-order valence-corrected chi connectivity index (χ1v) is 6.43. The molecule has 0 unspecified atom stereocenters. The highest BCUT2D eigenvalue weighted by Gasteiger charge is 2.14. The molecule has 2 rings (SSSR count). The van der Waals surface area contributed by atoms with Crippen molar-refractivity contribution in [1.29, 1.82) is 0 Å². The van der Waals surface area contributed by atoms with E-state index in [1.165, 1.54) is 0 Å². The molecule has 90 valence electrons. The Hall–Kier alpha value is -1.29. The van der Waals surface area contributed by atoms with E-state index in [0.29, 0.717) is 6.54 Å². The summed E-state index contributed by atoms with van der Waals surface area (Å²) in [5.74, 6) is 0.153. The summed E-state index contributed by atoms with van der Waals surface area (Å²) in [4.78, 5) is 16.2. The maximum atomic E-state index is 12.0. The Labute approximate surface area is 110 Å². The van der Waals surface area contributed by atoms with Crippen molar-refractivity contribution in [2.24, 2.45) is 0 Å². The highest BCUT2D eigenvalue weighted by molar-refractivity contribution is 9.10. The molecule has 1 heterocycles. The third-order valence-electron chi connectivity index (χ3n) is 2.77. The summed E-state index contributed by atoms with van der Waals surface area (Å²) in [6.45, 7) is 4.32. The monoisotopic (exact) mass is 294 g/mol. The first kappa shape index (κ1) is 12.2. The van der Waals surface area contributed by atoms with Gasteiger partial charge in [0, 0.05) is 29.0 Å². The van der Waals surface area contributed by atoms with E-state index < -0.39 is 0 Å². The molecule has 0 saturated heterocycles. The summed E-state index contributed by atoms with van der Waals surface area (Å²) in [6.07, 6.45) is 4.00. The second-order valence-corrected chi connectivity index (χ2v) is 4.94. The predicted molar refractivity (Wildman–Crippen MR) is 71.6 cm³/mol. The first-order chi connectivity index (χ1) is 8.19. The van der Waals surface area contributed by atoms with Gasteiger partial charge in [-0.1, -0.05) is 28.1 Å². The number of nitrogens with zero attached hydrogens (tertiary/aromatic N) is 2. The normalized spacial score (nSPS) is 14.5. The van der Waals surface area contributed by atoms with Crippen LogP contribution in [0.4, 0.5) is 0 Å². The zero-order chi connectivity index (χ0) is 12.3. The molecule has 0 bridgehead atoms. The van der Waals surface area contributed by atoms with Crippen LogP contribution in [0, 0.1) is 0 Å². The van der Waals surface area contributed by atoms with E-state index in [1.54, 1.807) is 0 Å². The standard InChI is InChI=1S/C13H15BrN2O/c1-2-15-7-8-16(10-15)9-13(17)11-3-5-12(14)6-4-11/h3-8H,2,9-10H2,1H3. The Morgan fingerprint density at radius 1 is 1.24 bits per heavy atom. The van der Waals surface area contributed by atoms with Crippen molar-refractivity contribution in [3.05, 3.63) is 46.7 Å². The van der Waals surface area contributed by atoms with Crippen LogP contribution in [0.2, 0.25) is 0 Å². The second kappa shape index (κ2) is 5.36. The fourth-order valence-corrected chi connectivity index (χ4v) is 2.00. The van der Waals surface area contributed by atoms with Gasteiger partial charge in [-0.15, -0.1) is 0 Å². The van der Waals surface area contributed by atoms with Crippen molar-refractivity contribution >= 4 is 21.7 Å². The Balaban J connectivity index is 1.94. The van der Waals surface area contributed by atoms with Crippen LogP contribution in [0.3, 0.4) is 0 Å². The van der Waals surface area contributed by atoms with Crippen LogP contribution >= 0.6 is 15.9 Å². The Morgan fingerprint density at radius 3 is 2.47 bits per heavy atom. The quantitative estimate of drug-likeness (QED) is 0.798. The van der Waals surface area contributed by atoms with E-state index in [9.17, 15) is 4.79 Å². The fourth-order valence-electron chi connectivity index (χ4n) is 1.74. The van der Waals surface area contributed by atoms with Gasteiger partial charge in [-0.25, -0.2) is 0 Å². The molecule has 0 amide bonds. The summed E-state index contributed by atoms with van der Waals surface area (Å²) >= 11 is 3.36. The molecular weight excluding hydrogens is 280 g/mol. The molecule has 0 radical (unpaired) electrons. The predicted octanol–water partition coefficient (Wildman–Crippen LogP) is 2.70. The number of benzene rings is 1. The van der Waals surface area contributed by atoms with Crippen molar-refractivity contribution in [2.45, 2.75) is 6.92 Å². The SMILES string of the molecule is CCN1C=CN(CC(=O)c2ccc(Br)cc2)C1. The largest absolute Gasteiger partial charge is 0.359 e. The molecular formula is C13H15BrN2O. The van der Waals surface area contributed by atoms with Crippen LogP contribution in [-0.4, -0.2) is 35.3 Å². The van der Waals surface area contributed by atoms with Gasteiger partial charge in [-0.3, -0.25) is 4.79 Å². The molecule has 1 aromatic carbocycles. The lowest BCUT2D eigenvalue weighted by Gasteiger charge is -2.19. The number of carbonyl (C=O) groups excluding carboxylic acids is 1.